The Morgan fingerprint density at radius 1 is 0.853 bits per heavy atom. The summed E-state index contributed by atoms with van der Waals surface area (Å²) in [5.74, 6) is -0.388. The Balaban J connectivity index is 1.50. The number of alkyl carbamates (subject to hydrolysis) is 1. The van der Waals surface area contributed by atoms with Crippen molar-refractivity contribution in [1.82, 2.24) is 14.5 Å². The molecule has 34 heavy (non-hydrogen) atoms. The van der Waals surface area contributed by atoms with E-state index in [4.69, 9.17) is 4.74 Å². The molecule has 0 radical (unpaired) electrons. The number of hydrogen-bond donors (Lipinski definition) is 2. The van der Waals surface area contributed by atoms with Crippen molar-refractivity contribution in [3.63, 3.8) is 0 Å². The molecule has 1 heterocycles. The minimum absolute atomic E-state index is 0.102. The second kappa shape index (κ2) is 10.1. The van der Waals surface area contributed by atoms with Crippen LogP contribution in [0.15, 0.2) is 83.7 Å². The molecule has 1 unspecified atom stereocenters. The zero-order chi connectivity index (χ0) is 24.1. The van der Waals surface area contributed by atoms with Gasteiger partial charge in [-0.05, 0) is 29.3 Å². The van der Waals surface area contributed by atoms with E-state index in [0.717, 1.165) is 16.6 Å². The van der Waals surface area contributed by atoms with Gasteiger partial charge in [-0.25, -0.2) is 9.59 Å². The predicted molar refractivity (Wildman–Crippen MR) is 130 cm³/mol. The molecule has 3 aromatic carbocycles. The van der Waals surface area contributed by atoms with Crippen molar-refractivity contribution in [2.45, 2.75) is 19.1 Å². The average Bonchev–Trinajstić information content (AvgIpc) is 3.07. The van der Waals surface area contributed by atoms with Gasteiger partial charge >= 0.3 is 11.8 Å². The third-order valence-corrected chi connectivity index (χ3v) is 5.64. The molecule has 0 aliphatic carbocycles. The highest BCUT2D eigenvalue weighted by molar-refractivity contribution is 5.98. The number of fused-ring (bicyclic) bond motifs is 1. The average molecular weight is 459 g/mol. The number of anilines is 1. The molecular weight excluding hydrogens is 432 g/mol. The third-order valence-electron chi connectivity index (χ3n) is 5.64. The minimum Gasteiger partial charge on any atom is -0.445 e. The van der Waals surface area contributed by atoms with Crippen LogP contribution in [0.1, 0.15) is 11.1 Å². The lowest BCUT2D eigenvalue weighted by molar-refractivity contribution is -0.118. The summed E-state index contributed by atoms with van der Waals surface area (Å²) in [5, 5.41) is 5.54. The maximum absolute atomic E-state index is 13.2. The number of aromatic nitrogens is 2. The number of hydrogen-bond acceptors (Lipinski definition) is 4. The molecule has 8 nitrogen and oxygen atoms in total. The third kappa shape index (κ3) is 5.17. The van der Waals surface area contributed by atoms with Crippen LogP contribution in [0.4, 0.5) is 10.5 Å². The molecular formula is C26H26N4O4. The highest BCUT2D eigenvalue weighted by Crippen LogP contribution is 2.18. The molecule has 0 saturated carbocycles. The van der Waals surface area contributed by atoms with Gasteiger partial charge in [0.25, 0.3) is 0 Å². The van der Waals surface area contributed by atoms with E-state index in [1.807, 2.05) is 60.7 Å². The molecule has 8 heteroatoms. The van der Waals surface area contributed by atoms with E-state index in [9.17, 15) is 14.4 Å². The van der Waals surface area contributed by atoms with E-state index >= 15 is 0 Å². The zero-order valence-electron chi connectivity index (χ0n) is 19.0. The van der Waals surface area contributed by atoms with Crippen LogP contribution in [-0.2, 0) is 36.7 Å². The van der Waals surface area contributed by atoms with Crippen molar-refractivity contribution in [3.8, 4) is 0 Å². The fraction of sp³-hybridized carbons (Fsp3) is 0.192. The highest BCUT2D eigenvalue weighted by atomic mass is 16.5. The fourth-order valence-electron chi connectivity index (χ4n) is 3.78. The normalized spacial score (nSPS) is 11.7. The quantitative estimate of drug-likeness (QED) is 0.444. The number of benzene rings is 3. The number of imidazole rings is 1. The smallest absolute Gasteiger partial charge is 0.408 e. The van der Waals surface area contributed by atoms with Gasteiger partial charge in [0, 0.05) is 26.2 Å². The van der Waals surface area contributed by atoms with E-state index < -0.39 is 12.1 Å². The lowest BCUT2D eigenvalue weighted by Gasteiger charge is -2.19. The summed E-state index contributed by atoms with van der Waals surface area (Å²) < 4.78 is 8.38. The topological polar surface area (TPSA) is 94.4 Å². The molecule has 1 atom stereocenters. The van der Waals surface area contributed by atoms with Crippen LogP contribution in [0.5, 0.6) is 0 Å². The van der Waals surface area contributed by atoms with Crippen molar-refractivity contribution < 1.29 is 14.3 Å². The van der Waals surface area contributed by atoms with E-state index in [1.165, 1.54) is 4.57 Å². The first kappa shape index (κ1) is 22.8. The van der Waals surface area contributed by atoms with Crippen LogP contribution in [0.2, 0.25) is 0 Å². The molecule has 0 fully saturated rings. The fourth-order valence-corrected chi connectivity index (χ4v) is 3.78. The van der Waals surface area contributed by atoms with Gasteiger partial charge < -0.3 is 15.4 Å². The molecule has 2 amide bonds. The van der Waals surface area contributed by atoms with E-state index in [1.54, 1.807) is 36.9 Å². The predicted octanol–water partition coefficient (Wildman–Crippen LogP) is 3.35. The summed E-state index contributed by atoms with van der Waals surface area (Å²) in [6, 6.07) is 23.1. The van der Waals surface area contributed by atoms with Crippen LogP contribution in [0, 0.1) is 0 Å². The first-order valence-corrected chi connectivity index (χ1v) is 10.9. The van der Waals surface area contributed by atoms with Gasteiger partial charge in [-0.2, -0.15) is 0 Å². The number of nitrogens with one attached hydrogen (secondary N) is 2. The molecule has 174 valence electrons. The monoisotopic (exact) mass is 458 g/mol. The van der Waals surface area contributed by atoms with E-state index in [-0.39, 0.29) is 18.2 Å². The number of carbonyl (C=O) groups excluding carboxylic acids is 2. The standard InChI is InChI=1S/C26H26N4O4/c1-29-22-14-13-20(16-23(22)30(2)26(29)33)27-24(31)21(15-18-9-5-3-6-10-18)28-25(32)34-17-19-11-7-4-8-12-19/h3-14,16,21H,15,17H2,1-2H3,(H,27,31)(H,28,32). The molecule has 0 saturated heterocycles. The number of ether oxygens (including phenoxy) is 1. The van der Waals surface area contributed by atoms with Crippen molar-refractivity contribution in [2.24, 2.45) is 14.1 Å². The number of rotatable bonds is 7. The number of aryl methyl sites for hydroxylation is 2. The summed E-state index contributed by atoms with van der Waals surface area (Å²) in [5.41, 5.74) is 3.57. The summed E-state index contributed by atoms with van der Waals surface area (Å²) >= 11 is 0. The Bertz CT molecular complexity index is 1360. The number of carbonyl (C=O) groups is 2. The van der Waals surface area contributed by atoms with Gasteiger partial charge in [0.1, 0.15) is 12.6 Å². The maximum Gasteiger partial charge on any atom is 0.408 e. The van der Waals surface area contributed by atoms with Gasteiger partial charge in [-0.15, -0.1) is 0 Å². The summed E-state index contributed by atoms with van der Waals surface area (Å²) in [4.78, 5) is 37.8. The molecule has 0 bridgehead atoms. The Morgan fingerprint density at radius 2 is 1.47 bits per heavy atom. The maximum atomic E-state index is 13.2. The van der Waals surface area contributed by atoms with Gasteiger partial charge in [0.05, 0.1) is 11.0 Å². The van der Waals surface area contributed by atoms with E-state index in [2.05, 4.69) is 10.6 Å². The summed E-state index contributed by atoms with van der Waals surface area (Å²) in [6.45, 7) is 0.102. The molecule has 4 aromatic rings. The van der Waals surface area contributed by atoms with Crippen LogP contribution in [-0.4, -0.2) is 27.2 Å². The van der Waals surface area contributed by atoms with Crippen LogP contribution in [0.3, 0.4) is 0 Å². The highest BCUT2D eigenvalue weighted by Gasteiger charge is 2.23. The first-order valence-electron chi connectivity index (χ1n) is 10.9. The lowest BCUT2D eigenvalue weighted by atomic mass is 10.1. The van der Waals surface area contributed by atoms with Gasteiger partial charge in [0.2, 0.25) is 5.91 Å². The zero-order valence-corrected chi connectivity index (χ0v) is 19.0. The summed E-state index contributed by atoms with van der Waals surface area (Å²) in [7, 11) is 3.38. The lowest BCUT2D eigenvalue weighted by Crippen LogP contribution is -2.45. The number of amides is 2. The largest absolute Gasteiger partial charge is 0.445 e. The van der Waals surface area contributed by atoms with Gasteiger partial charge in [-0.3, -0.25) is 13.9 Å². The van der Waals surface area contributed by atoms with Crippen molar-refractivity contribution in [2.75, 3.05) is 5.32 Å². The van der Waals surface area contributed by atoms with Crippen molar-refractivity contribution >= 4 is 28.7 Å². The van der Waals surface area contributed by atoms with Gasteiger partial charge in [-0.1, -0.05) is 60.7 Å². The molecule has 0 aliphatic heterocycles. The Labute approximate surface area is 196 Å². The van der Waals surface area contributed by atoms with Crippen LogP contribution in [0.25, 0.3) is 11.0 Å². The van der Waals surface area contributed by atoms with Crippen LogP contribution >= 0.6 is 0 Å². The van der Waals surface area contributed by atoms with Crippen molar-refractivity contribution in [1.29, 1.82) is 0 Å². The minimum atomic E-state index is -0.860. The molecule has 2 N–H and O–H groups in total. The Kier molecular flexibility index (Phi) is 6.77. The SMILES string of the molecule is Cn1c(=O)n(C)c2cc(NC(=O)C(Cc3ccccc3)NC(=O)OCc3ccccc3)ccc21. The van der Waals surface area contributed by atoms with E-state index in [0.29, 0.717) is 17.6 Å². The molecule has 4 rings (SSSR count). The van der Waals surface area contributed by atoms with Gasteiger partial charge in [0.15, 0.2) is 0 Å². The molecule has 0 spiro atoms. The molecule has 1 aromatic heterocycles. The Hall–Kier alpha value is -4.33. The first-order chi connectivity index (χ1) is 16.4. The second-order valence-corrected chi connectivity index (χ2v) is 8.04. The molecule has 0 aliphatic rings. The second-order valence-electron chi connectivity index (χ2n) is 8.04. The number of nitrogens with zero attached hydrogens (tertiary/aromatic N) is 2. The van der Waals surface area contributed by atoms with Crippen molar-refractivity contribution in [3.05, 3.63) is 100 Å². The Morgan fingerprint density at radius 3 is 2.15 bits per heavy atom. The summed E-state index contributed by atoms with van der Waals surface area (Å²) in [6.07, 6.45) is -0.389. The van der Waals surface area contributed by atoms with Crippen LogP contribution < -0.4 is 16.3 Å².